The Kier molecular flexibility index (Phi) is 1.81. The van der Waals surface area contributed by atoms with Crippen LogP contribution in [0, 0.1) is 0 Å². The zero-order valence-electron chi connectivity index (χ0n) is 6.63. The van der Waals surface area contributed by atoms with Gasteiger partial charge in [-0.15, -0.1) is 0 Å². The fraction of sp³-hybridized carbons (Fsp3) is 0.111. The van der Waals surface area contributed by atoms with Gasteiger partial charge in [-0.3, -0.25) is 9.59 Å². The second-order valence-electron chi connectivity index (χ2n) is 2.87. The van der Waals surface area contributed by atoms with Gasteiger partial charge in [0.1, 0.15) is 0 Å². The standard InChI is InChI=1S/C9H6ClNO2/c10-9(13)5-1-2-7-6(3-5)4-8(12)11-7/h1-3H,4H2,(H,11,12). The molecule has 1 heterocycles. The molecule has 13 heavy (non-hydrogen) atoms. The molecule has 0 unspecified atom stereocenters. The van der Waals surface area contributed by atoms with Crippen LogP contribution in [0.3, 0.4) is 0 Å². The number of nitrogens with one attached hydrogen (secondary N) is 1. The summed E-state index contributed by atoms with van der Waals surface area (Å²) in [4.78, 5) is 21.7. The molecule has 0 saturated carbocycles. The van der Waals surface area contributed by atoms with E-state index in [0.29, 0.717) is 12.0 Å². The van der Waals surface area contributed by atoms with Crippen LogP contribution in [-0.4, -0.2) is 11.1 Å². The molecule has 0 fully saturated rings. The Balaban J connectivity index is 2.45. The third-order valence-corrected chi connectivity index (χ3v) is 2.18. The molecule has 2 rings (SSSR count). The number of halogens is 1. The third-order valence-electron chi connectivity index (χ3n) is 1.96. The summed E-state index contributed by atoms with van der Waals surface area (Å²) in [6, 6.07) is 4.93. The van der Waals surface area contributed by atoms with Crippen LogP contribution >= 0.6 is 11.6 Å². The van der Waals surface area contributed by atoms with Crippen molar-refractivity contribution in [2.24, 2.45) is 0 Å². The van der Waals surface area contributed by atoms with E-state index in [2.05, 4.69) is 5.32 Å². The monoisotopic (exact) mass is 195 g/mol. The summed E-state index contributed by atoms with van der Waals surface area (Å²) in [5.74, 6) is -0.0471. The molecule has 66 valence electrons. The Morgan fingerprint density at radius 1 is 1.46 bits per heavy atom. The van der Waals surface area contributed by atoms with E-state index in [1.807, 2.05) is 0 Å². The van der Waals surface area contributed by atoms with Crippen LogP contribution in [0.5, 0.6) is 0 Å². The lowest BCUT2D eigenvalue weighted by molar-refractivity contribution is -0.115. The molecule has 0 bridgehead atoms. The van der Waals surface area contributed by atoms with Crippen molar-refractivity contribution < 1.29 is 9.59 Å². The van der Waals surface area contributed by atoms with E-state index in [1.165, 1.54) is 0 Å². The Morgan fingerprint density at radius 3 is 2.92 bits per heavy atom. The summed E-state index contributed by atoms with van der Waals surface area (Å²) >= 11 is 5.30. The van der Waals surface area contributed by atoms with Crippen molar-refractivity contribution in [3.05, 3.63) is 29.3 Å². The van der Waals surface area contributed by atoms with Gasteiger partial charge in [0, 0.05) is 11.3 Å². The van der Waals surface area contributed by atoms with Crippen LogP contribution in [0.2, 0.25) is 0 Å². The van der Waals surface area contributed by atoms with Gasteiger partial charge in [-0.1, -0.05) is 0 Å². The summed E-state index contributed by atoms with van der Waals surface area (Å²) in [6.45, 7) is 0. The zero-order valence-corrected chi connectivity index (χ0v) is 7.39. The maximum Gasteiger partial charge on any atom is 0.252 e. The van der Waals surface area contributed by atoms with Crippen LogP contribution in [0.1, 0.15) is 15.9 Å². The average molecular weight is 196 g/mol. The van der Waals surface area contributed by atoms with E-state index in [-0.39, 0.29) is 5.91 Å². The zero-order chi connectivity index (χ0) is 9.42. The second-order valence-corrected chi connectivity index (χ2v) is 3.21. The van der Waals surface area contributed by atoms with E-state index in [4.69, 9.17) is 11.6 Å². The first-order valence-electron chi connectivity index (χ1n) is 3.79. The van der Waals surface area contributed by atoms with Crippen molar-refractivity contribution in [1.29, 1.82) is 0 Å². The minimum atomic E-state index is -0.498. The minimum absolute atomic E-state index is 0.0471. The highest BCUT2D eigenvalue weighted by Crippen LogP contribution is 2.24. The lowest BCUT2D eigenvalue weighted by Gasteiger charge is -1.98. The van der Waals surface area contributed by atoms with Gasteiger partial charge in [0.25, 0.3) is 5.24 Å². The molecule has 0 spiro atoms. The largest absolute Gasteiger partial charge is 0.326 e. The quantitative estimate of drug-likeness (QED) is 0.692. The molecule has 0 atom stereocenters. The van der Waals surface area contributed by atoms with Gasteiger partial charge >= 0.3 is 0 Å². The fourth-order valence-corrected chi connectivity index (χ4v) is 1.47. The first-order chi connectivity index (χ1) is 6.16. The molecule has 4 heteroatoms. The molecule has 1 N–H and O–H groups in total. The van der Waals surface area contributed by atoms with Crippen LogP contribution in [-0.2, 0) is 11.2 Å². The number of fused-ring (bicyclic) bond motifs is 1. The Bertz CT molecular complexity index is 401. The molecular formula is C9H6ClNO2. The summed E-state index contributed by atoms with van der Waals surface area (Å²) in [7, 11) is 0. The first-order valence-corrected chi connectivity index (χ1v) is 4.17. The molecule has 1 aromatic rings. The highest BCUT2D eigenvalue weighted by atomic mass is 35.5. The van der Waals surface area contributed by atoms with E-state index >= 15 is 0 Å². The maximum atomic E-state index is 11.0. The molecule has 3 nitrogen and oxygen atoms in total. The van der Waals surface area contributed by atoms with Crippen molar-refractivity contribution >= 4 is 28.4 Å². The number of hydrogen-bond donors (Lipinski definition) is 1. The highest BCUT2D eigenvalue weighted by molar-refractivity contribution is 6.67. The number of benzene rings is 1. The number of anilines is 1. The maximum absolute atomic E-state index is 11.0. The van der Waals surface area contributed by atoms with Gasteiger partial charge in [0.15, 0.2) is 0 Å². The molecule has 0 aliphatic carbocycles. The molecule has 1 aliphatic rings. The molecule has 0 aromatic heterocycles. The number of carbonyl (C=O) groups is 2. The van der Waals surface area contributed by atoms with Crippen molar-refractivity contribution in [2.45, 2.75) is 6.42 Å². The summed E-state index contributed by atoms with van der Waals surface area (Å²) in [5, 5.41) is 2.17. The molecule has 1 aromatic carbocycles. The predicted octanol–water partition coefficient (Wildman–Crippen LogP) is 1.56. The van der Waals surface area contributed by atoms with Gasteiger partial charge in [0.05, 0.1) is 6.42 Å². The molecule has 0 radical (unpaired) electrons. The Morgan fingerprint density at radius 2 is 2.23 bits per heavy atom. The van der Waals surface area contributed by atoms with Crippen molar-refractivity contribution in [1.82, 2.24) is 0 Å². The lowest BCUT2D eigenvalue weighted by Crippen LogP contribution is -2.03. The minimum Gasteiger partial charge on any atom is -0.326 e. The molecule has 1 aliphatic heterocycles. The smallest absolute Gasteiger partial charge is 0.252 e. The topological polar surface area (TPSA) is 46.2 Å². The first kappa shape index (κ1) is 8.26. The van der Waals surface area contributed by atoms with Gasteiger partial charge in [-0.2, -0.15) is 0 Å². The Labute approximate surface area is 79.7 Å². The molecule has 0 saturated heterocycles. The average Bonchev–Trinajstić information content (AvgIpc) is 2.42. The number of amides is 1. The van der Waals surface area contributed by atoms with Crippen LogP contribution in [0.4, 0.5) is 5.69 Å². The van der Waals surface area contributed by atoms with Crippen molar-refractivity contribution in [3.8, 4) is 0 Å². The van der Waals surface area contributed by atoms with Crippen LogP contribution in [0.15, 0.2) is 18.2 Å². The van der Waals surface area contributed by atoms with E-state index in [0.717, 1.165) is 11.3 Å². The van der Waals surface area contributed by atoms with Gasteiger partial charge in [-0.05, 0) is 35.4 Å². The van der Waals surface area contributed by atoms with Crippen LogP contribution < -0.4 is 5.32 Å². The normalized spacial score (nSPS) is 13.8. The number of carbonyl (C=O) groups excluding carboxylic acids is 2. The van der Waals surface area contributed by atoms with Gasteiger partial charge < -0.3 is 5.32 Å². The van der Waals surface area contributed by atoms with Crippen molar-refractivity contribution in [2.75, 3.05) is 5.32 Å². The Hall–Kier alpha value is -1.35. The predicted molar refractivity (Wildman–Crippen MR) is 49.0 cm³/mol. The summed E-state index contributed by atoms with van der Waals surface area (Å²) in [5.41, 5.74) is 2.03. The van der Waals surface area contributed by atoms with Crippen molar-refractivity contribution in [3.63, 3.8) is 0 Å². The lowest BCUT2D eigenvalue weighted by atomic mass is 10.1. The number of hydrogen-bond acceptors (Lipinski definition) is 2. The molecule has 1 amide bonds. The number of rotatable bonds is 1. The van der Waals surface area contributed by atoms with Crippen LogP contribution in [0.25, 0.3) is 0 Å². The highest BCUT2D eigenvalue weighted by Gasteiger charge is 2.18. The van der Waals surface area contributed by atoms with E-state index < -0.39 is 5.24 Å². The summed E-state index contributed by atoms with van der Waals surface area (Å²) in [6.07, 6.45) is 0.327. The van der Waals surface area contributed by atoms with Gasteiger partial charge in [-0.25, -0.2) is 0 Å². The second kappa shape index (κ2) is 2.85. The fourth-order valence-electron chi connectivity index (χ4n) is 1.35. The molecular weight excluding hydrogens is 190 g/mol. The summed E-state index contributed by atoms with van der Waals surface area (Å²) < 4.78 is 0. The van der Waals surface area contributed by atoms with E-state index in [1.54, 1.807) is 18.2 Å². The third kappa shape index (κ3) is 1.42. The van der Waals surface area contributed by atoms with E-state index in [9.17, 15) is 9.59 Å². The SMILES string of the molecule is O=C1Cc2cc(C(=O)Cl)ccc2N1. The van der Waals surface area contributed by atoms with Gasteiger partial charge in [0.2, 0.25) is 5.91 Å².